The van der Waals surface area contributed by atoms with E-state index in [1.807, 2.05) is 11.4 Å². The standard InChI is InChI=1S/C9H9NOS2/c11-8(9-4-10-6-13-9)3-7-1-2-12-5-7/h1-2,4-6,8,11H,3H2. The highest BCUT2D eigenvalue weighted by atomic mass is 32.1. The van der Waals surface area contributed by atoms with Crippen molar-refractivity contribution in [2.24, 2.45) is 0 Å². The van der Waals surface area contributed by atoms with Crippen LogP contribution in [0, 0.1) is 0 Å². The van der Waals surface area contributed by atoms with Crippen molar-refractivity contribution in [2.75, 3.05) is 0 Å². The Morgan fingerprint density at radius 1 is 1.54 bits per heavy atom. The molecule has 0 aromatic carbocycles. The maximum Gasteiger partial charge on any atom is 0.0938 e. The van der Waals surface area contributed by atoms with Gasteiger partial charge in [-0.1, -0.05) is 0 Å². The van der Waals surface area contributed by atoms with Crippen LogP contribution in [0.3, 0.4) is 0 Å². The molecule has 2 aromatic heterocycles. The molecular weight excluding hydrogens is 202 g/mol. The molecule has 0 amide bonds. The summed E-state index contributed by atoms with van der Waals surface area (Å²) in [6.07, 6.45) is 2.01. The van der Waals surface area contributed by atoms with Crippen molar-refractivity contribution in [1.29, 1.82) is 0 Å². The highest BCUT2D eigenvalue weighted by Crippen LogP contribution is 2.22. The molecule has 2 heterocycles. The topological polar surface area (TPSA) is 33.1 Å². The van der Waals surface area contributed by atoms with Gasteiger partial charge in [0.2, 0.25) is 0 Å². The highest BCUT2D eigenvalue weighted by Gasteiger charge is 2.09. The Bertz CT molecular complexity index is 342. The third kappa shape index (κ3) is 2.15. The molecule has 4 heteroatoms. The minimum absolute atomic E-state index is 0.401. The van der Waals surface area contributed by atoms with Crippen molar-refractivity contribution in [3.05, 3.63) is 39.0 Å². The zero-order chi connectivity index (χ0) is 9.10. The van der Waals surface area contributed by atoms with Crippen molar-refractivity contribution in [3.63, 3.8) is 0 Å². The lowest BCUT2D eigenvalue weighted by Crippen LogP contribution is -1.97. The summed E-state index contributed by atoms with van der Waals surface area (Å²) >= 11 is 3.15. The molecule has 0 saturated heterocycles. The zero-order valence-corrected chi connectivity index (χ0v) is 8.52. The summed E-state index contributed by atoms with van der Waals surface area (Å²) in [7, 11) is 0. The Morgan fingerprint density at radius 2 is 2.46 bits per heavy atom. The van der Waals surface area contributed by atoms with E-state index in [-0.39, 0.29) is 0 Å². The van der Waals surface area contributed by atoms with Gasteiger partial charge in [-0.3, -0.25) is 4.98 Å². The van der Waals surface area contributed by atoms with Gasteiger partial charge in [-0.15, -0.1) is 11.3 Å². The normalized spacial score (nSPS) is 13.0. The van der Waals surface area contributed by atoms with Gasteiger partial charge in [0, 0.05) is 12.6 Å². The monoisotopic (exact) mass is 211 g/mol. The maximum absolute atomic E-state index is 9.76. The van der Waals surface area contributed by atoms with Crippen molar-refractivity contribution < 1.29 is 5.11 Å². The molecule has 2 nitrogen and oxygen atoms in total. The lowest BCUT2D eigenvalue weighted by Gasteiger charge is -2.05. The summed E-state index contributed by atoms with van der Waals surface area (Å²) in [4.78, 5) is 4.87. The largest absolute Gasteiger partial charge is 0.387 e. The summed E-state index contributed by atoms with van der Waals surface area (Å²) in [5.74, 6) is 0. The van der Waals surface area contributed by atoms with E-state index in [1.165, 1.54) is 16.9 Å². The Labute approximate surface area is 84.5 Å². The van der Waals surface area contributed by atoms with E-state index in [9.17, 15) is 5.11 Å². The van der Waals surface area contributed by atoms with Crippen molar-refractivity contribution in [3.8, 4) is 0 Å². The van der Waals surface area contributed by atoms with Crippen LogP contribution < -0.4 is 0 Å². The van der Waals surface area contributed by atoms with Crippen LogP contribution in [0.1, 0.15) is 16.5 Å². The molecule has 0 saturated carbocycles. The third-order valence-corrected chi connectivity index (χ3v) is 3.40. The Balaban J connectivity index is 2.04. The molecule has 0 bridgehead atoms. The third-order valence-electron chi connectivity index (χ3n) is 1.79. The Hall–Kier alpha value is -0.710. The molecule has 0 aliphatic carbocycles. The zero-order valence-electron chi connectivity index (χ0n) is 6.88. The molecule has 0 radical (unpaired) electrons. The number of aromatic nitrogens is 1. The average Bonchev–Trinajstić information content (AvgIpc) is 2.74. The number of hydrogen-bond donors (Lipinski definition) is 1. The SMILES string of the molecule is OC(Cc1ccsc1)c1cncs1. The van der Waals surface area contributed by atoms with Crippen LogP contribution in [-0.4, -0.2) is 10.1 Å². The predicted octanol–water partition coefficient (Wildman–Crippen LogP) is 2.48. The van der Waals surface area contributed by atoms with Crippen LogP contribution in [0.15, 0.2) is 28.5 Å². The number of nitrogens with zero attached hydrogens (tertiary/aromatic N) is 1. The molecule has 0 aliphatic heterocycles. The summed E-state index contributed by atoms with van der Waals surface area (Å²) in [6, 6.07) is 2.04. The number of thiophene rings is 1. The number of aliphatic hydroxyl groups is 1. The van der Waals surface area contributed by atoms with E-state index in [2.05, 4.69) is 10.4 Å². The number of thiazole rings is 1. The van der Waals surface area contributed by atoms with Gasteiger partial charge in [-0.2, -0.15) is 11.3 Å². The molecule has 68 valence electrons. The van der Waals surface area contributed by atoms with Gasteiger partial charge >= 0.3 is 0 Å². The lowest BCUT2D eigenvalue weighted by molar-refractivity contribution is 0.182. The molecule has 0 spiro atoms. The second kappa shape index (κ2) is 4.00. The second-order valence-corrected chi connectivity index (χ2v) is 4.45. The van der Waals surface area contributed by atoms with Crippen LogP contribution in [0.25, 0.3) is 0 Å². The first-order valence-corrected chi connectivity index (χ1v) is 5.76. The Morgan fingerprint density at radius 3 is 3.08 bits per heavy atom. The summed E-state index contributed by atoms with van der Waals surface area (Å²) in [5, 5.41) is 13.8. The fourth-order valence-electron chi connectivity index (χ4n) is 1.12. The van der Waals surface area contributed by atoms with Gasteiger partial charge in [0.1, 0.15) is 0 Å². The number of hydrogen-bond acceptors (Lipinski definition) is 4. The van der Waals surface area contributed by atoms with Gasteiger partial charge in [0.25, 0.3) is 0 Å². The van der Waals surface area contributed by atoms with Crippen LogP contribution in [0.4, 0.5) is 0 Å². The smallest absolute Gasteiger partial charge is 0.0938 e. The Kier molecular flexibility index (Phi) is 2.73. The summed E-state index contributed by atoms with van der Waals surface area (Å²) < 4.78 is 0. The van der Waals surface area contributed by atoms with Crippen molar-refractivity contribution in [2.45, 2.75) is 12.5 Å². The van der Waals surface area contributed by atoms with Gasteiger partial charge in [-0.25, -0.2) is 0 Å². The molecule has 1 unspecified atom stereocenters. The molecule has 2 aromatic rings. The molecular formula is C9H9NOS2. The van der Waals surface area contributed by atoms with E-state index >= 15 is 0 Å². The fraction of sp³-hybridized carbons (Fsp3) is 0.222. The van der Waals surface area contributed by atoms with E-state index in [1.54, 1.807) is 23.0 Å². The summed E-state index contributed by atoms with van der Waals surface area (Å²) in [5.41, 5.74) is 2.93. The van der Waals surface area contributed by atoms with Crippen LogP contribution in [0.2, 0.25) is 0 Å². The van der Waals surface area contributed by atoms with Crippen molar-refractivity contribution >= 4 is 22.7 Å². The van der Waals surface area contributed by atoms with Gasteiger partial charge in [0.05, 0.1) is 16.5 Å². The van der Waals surface area contributed by atoms with Gasteiger partial charge < -0.3 is 5.11 Å². The summed E-state index contributed by atoms with van der Waals surface area (Å²) in [6.45, 7) is 0. The maximum atomic E-state index is 9.76. The first-order chi connectivity index (χ1) is 6.36. The number of rotatable bonds is 3. The molecule has 2 rings (SSSR count). The molecule has 0 fully saturated rings. The van der Waals surface area contributed by atoms with E-state index in [0.29, 0.717) is 6.42 Å². The van der Waals surface area contributed by atoms with E-state index in [0.717, 1.165) is 4.88 Å². The van der Waals surface area contributed by atoms with Crippen molar-refractivity contribution in [1.82, 2.24) is 4.98 Å². The second-order valence-electron chi connectivity index (χ2n) is 2.76. The first kappa shape index (κ1) is 8.87. The average molecular weight is 211 g/mol. The predicted molar refractivity (Wildman–Crippen MR) is 55.1 cm³/mol. The molecule has 0 aliphatic rings. The van der Waals surface area contributed by atoms with E-state index in [4.69, 9.17) is 0 Å². The highest BCUT2D eigenvalue weighted by molar-refractivity contribution is 7.09. The first-order valence-electron chi connectivity index (χ1n) is 3.94. The van der Waals surface area contributed by atoms with Gasteiger partial charge in [-0.05, 0) is 22.4 Å². The van der Waals surface area contributed by atoms with Gasteiger partial charge in [0.15, 0.2) is 0 Å². The van der Waals surface area contributed by atoms with E-state index < -0.39 is 6.10 Å². The molecule has 13 heavy (non-hydrogen) atoms. The van der Waals surface area contributed by atoms with Crippen LogP contribution in [-0.2, 0) is 6.42 Å². The minimum atomic E-state index is -0.401. The quantitative estimate of drug-likeness (QED) is 0.846. The van der Waals surface area contributed by atoms with Crippen LogP contribution in [0.5, 0.6) is 0 Å². The molecule has 1 N–H and O–H groups in total. The minimum Gasteiger partial charge on any atom is -0.387 e. The number of aliphatic hydroxyl groups excluding tert-OH is 1. The lowest BCUT2D eigenvalue weighted by atomic mass is 10.1. The molecule has 1 atom stereocenters. The van der Waals surface area contributed by atoms with Crippen LogP contribution >= 0.6 is 22.7 Å². The fourth-order valence-corrected chi connectivity index (χ4v) is 2.41.